The van der Waals surface area contributed by atoms with Crippen molar-refractivity contribution in [2.24, 2.45) is 0 Å². The second kappa shape index (κ2) is 5.25. The Bertz CT molecular complexity index is 253. The van der Waals surface area contributed by atoms with Gasteiger partial charge in [-0.3, -0.25) is 9.80 Å². The first-order chi connectivity index (χ1) is 8.34. The average Bonchev–Trinajstić information content (AvgIpc) is 3.00. The van der Waals surface area contributed by atoms with E-state index in [9.17, 15) is 5.11 Å². The van der Waals surface area contributed by atoms with Crippen LogP contribution >= 0.6 is 0 Å². The van der Waals surface area contributed by atoms with E-state index in [1.807, 2.05) is 0 Å². The van der Waals surface area contributed by atoms with Gasteiger partial charge in [0, 0.05) is 25.2 Å². The molecule has 1 saturated carbocycles. The minimum absolute atomic E-state index is 0.0546. The van der Waals surface area contributed by atoms with Gasteiger partial charge in [-0.2, -0.15) is 0 Å². The monoisotopic (exact) mass is 238 g/mol. The molecule has 0 aromatic rings. The summed E-state index contributed by atoms with van der Waals surface area (Å²) in [6.45, 7) is 5.04. The van der Waals surface area contributed by atoms with Crippen molar-refractivity contribution in [2.75, 3.05) is 26.2 Å². The lowest BCUT2D eigenvalue weighted by molar-refractivity contribution is 0.0279. The fourth-order valence-corrected chi connectivity index (χ4v) is 3.99. The molecule has 3 atom stereocenters. The van der Waals surface area contributed by atoms with Crippen LogP contribution in [-0.4, -0.2) is 59.3 Å². The molecule has 2 heterocycles. The second-order valence-electron chi connectivity index (χ2n) is 6.10. The van der Waals surface area contributed by atoms with Crippen LogP contribution in [-0.2, 0) is 0 Å². The highest BCUT2D eigenvalue weighted by molar-refractivity contribution is 4.92. The van der Waals surface area contributed by atoms with Crippen LogP contribution in [0.4, 0.5) is 0 Å². The van der Waals surface area contributed by atoms with E-state index in [1.165, 1.54) is 64.7 Å². The maximum atomic E-state index is 10.1. The van der Waals surface area contributed by atoms with Crippen LogP contribution in [0.1, 0.15) is 44.9 Å². The van der Waals surface area contributed by atoms with Crippen molar-refractivity contribution < 1.29 is 5.11 Å². The van der Waals surface area contributed by atoms with Crippen LogP contribution in [0, 0.1) is 0 Å². The number of aliphatic hydroxyl groups excluding tert-OH is 1. The van der Waals surface area contributed by atoms with E-state index in [0.29, 0.717) is 6.04 Å². The third-order valence-corrected chi connectivity index (χ3v) is 5.01. The molecule has 0 aromatic carbocycles. The van der Waals surface area contributed by atoms with Gasteiger partial charge >= 0.3 is 0 Å². The quantitative estimate of drug-likeness (QED) is 0.789. The Labute approximate surface area is 105 Å². The van der Waals surface area contributed by atoms with Crippen molar-refractivity contribution in [3.8, 4) is 0 Å². The summed E-state index contributed by atoms with van der Waals surface area (Å²) in [5.41, 5.74) is 0. The molecular formula is C14H26N2O. The predicted octanol–water partition coefficient (Wildman–Crippen LogP) is 1.46. The van der Waals surface area contributed by atoms with E-state index in [1.54, 1.807) is 0 Å². The van der Waals surface area contributed by atoms with Crippen LogP contribution < -0.4 is 0 Å². The number of aliphatic hydroxyl groups is 1. The minimum atomic E-state index is -0.0546. The molecule has 1 aliphatic carbocycles. The molecule has 1 N–H and O–H groups in total. The molecule has 2 aliphatic heterocycles. The van der Waals surface area contributed by atoms with Crippen molar-refractivity contribution in [1.29, 1.82) is 0 Å². The SMILES string of the molecule is O[C@H]1CCCC[C@@H]1N1CCC(N2CCCC2)C1. The smallest absolute Gasteiger partial charge is 0.0695 e. The molecule has 1 unspecified atom stereocenters. The molecule has 2 saturated heterocycles. The molecule has 0 aromatic heterocycles. The Kier molecular flexibility index (Phi) is 3.69. The van der Waals surface area contributed by atoms with Crippen LogP contribution in [0.15, 0.2) is 0 Å². The lowest BCUT2D eigenvalue weighted by Gasteiger charge is -2.35. The molecule has 0 radical (unpaired) electrons. The standard InChI is InChI=1S/C14H26N2O/c17-14-6-2-1-5-13(14)16-10-7-12(11-16)15-8-3-4-9-15/h12-14,17H,1-11H2/t12?,13-,14-/m0/s1. The van der Waals surface area contributed by atoms with Crippen molar-refractivity contribution in [2.45, 2.75) is 63.1 Å². The number of hydrogen-bond donors (Lipinski definition) is 1. The number of likely N-dealkylation sites (tertiary alicyclic amines) is 2. The van der Waals surface area contributed by atoms with Gasteiger partial charge in [0.25, 0.3) is 0 Å². The first-order valence-corrected chi connectivity index (χ1v) is 7.51. The lowest BCUT2D eigenvalue weighted by atomic mass is 9.91. The molecule has 3 nitrogen and oxygen atoms in total. The minimum Gasteiger partial charge on any atom is -0.391 e. The zero-order chi connectivity index (χ0) is 11.7. The summed E-state index contributed by atoms with van der Waals surface area (Å²) in [6, 6.07) is 1.25. The summed E-state index contributed by atoms with van der Waals surface area (Å²) >= 11 is 0. The first-order valence-electron chi connectivity index (χ1n) is 7.51. The maximum Gasteiger partial charge on any atom is 0.0695 e. The zero-order valence-electron chi connectivity index (χ0n) is 10.9. The lowest BCUT2D eigenvalue weighted by Crippen LogP contribution is -2.45. The molecule has 3 fully saturated rings. The molecule has 0 bridgehead atoms. The topological polar surface area (TPSA) is 26.7 Å². The number of nitrogens with zero attached hydrogens (tertiary/aromatic N) is 2. The van der Waals surface area contributed by atoms with E-state index in [0.717, 1.165) is 12.5 Å². The van der Waals surface area contributed by atoms with E-state index >= 15 is 0 Å². The number of hydrogen-bond acceptors (Lipinski definition) is 3. The Hall–Kier alpha value is -0.120. The number of rotatable bonds is 2. The molecular weight excluding hydrogens is 212 g/mol. The second-order valence-corrected chi connectivity index (χ2v) is 6.10. The zero-order valence-corrected chi connectivity index (χ0v) is 10.9. The highest BCUT2D eigenvalue weighted by atomic mass is 16.3. The van der Waals surface area contributed by atoms with Crippen molar-refractivity contribution in [3.05, 3.63) is 0 Å². The van der Waals surface area contributed by atoms with Crippen molar-refractivity contribution in [3.63, 3.8) is 0 Å². The molecule has 3 aliphatic rings. The van der Waals surface area contributed by atoms with Gasteiger partial charge in [-0.25, -0.2) is 0 Å². The highest BCUT2D eigenvalue weighted by Crippen LogP contribution is 2.28. The van der Waals surface area contributed by atoms with Crippen LogP contribution in [0.2, 0.25) is 0 Å². The maximum absolute atomic E-state index is 10.1. The van der Waals surface area contributed by atoms with E-state index in [-0.39, 0.29) is 6.10 Å². The van der Waals surface area contributed by atoms with Gasteiger partial charge in [0.1, 0.15) is 0 Å². The summed E-state index contributed by atoms with van der Waals surface area (Å²) in [5, 5.41) is 10.1. The normalized spacial score (nSPS) is 41.1. The summed E-state index contributed by atoms with van der Waals surface area (Å²) < 4.78 is 0. The largest absolute Gasteiger partial charge is 0.391 e. The summed E-state index contributed by atoms with van der Waals surface area (Å²) in [6.07, 6.45) is 8.83. The van der Waals surface area contributed by atoms with E-state index in [4.69, 9.17) is 0 Å². The van der Waals surface area contributed by atoms with Crippen molar-refractivity contribution >= 4 is 0 Å². The van der Waals surface area contributed by atoms with Gasteiger partial charge < -0.3 is 5.11 Å². The summed E-state index contributed by atoms with van der Waals surface area (Å²) in [5.74, 6) is 0. The van der Waals surface area contributed by atoms with Crippen molar-refractivity contribution in [1.82, 2.24) is 9.80 Å². The van der Waals surface area contributed by atoms with E-state index < -0.39 is 0 Å². The Morgan fingerprint density at radius 2 is 1.53 bits per heavy atom. The van der Waals surface area contributed by atoms with Gasteiger partial charge in [-0.15, -0.1) is 0 Å². The van der Waals surface area contributed by atoms with Gasteiger partial charge in [0.05, 0.1) is 6.10 Å². The third-order valence-electron chi connectivity index (χ3n) is 5.01. The molecule has 98 valence electrons. The summed E-state index contributed by atoms with van der Waals surface area (Å²) in [4.78, 5) is 5.25. The summed E-state index contributed by atoms with van der Waals surface area (Å²) in [7, 11) is 0. The Morgan fingerprint density at radius 3 is 2.29 bits per heavy atom. The van der Waals surface area contributed by atoms with Crippen LogP contribution in [0.3, 0.4) is 0 Å². The highest BCUT2D eigenvalue weighted by Gasteiger charge is 2.36. The van der Waals surface area contributed by atoms with Gasteiger partial charge in [-0.05, 0) is 45.2 Å². The van der Waals surface area contributed by atoms with E-state index in [2.05, 4.69) is 9.80 Å². The van der Waals surface area contributed by atoms with Crippen LogP contribution in [0.5, 0.6) is 0 Å². The van der Waals surface area contributed by atoms with Gasteiger partial charge in [-0.1, -0.05) is 12.8 Å². The fraction of sp³-hybridized carbons (Fsp3) is 1.00. The average molecular weight is 238 g/mol. The molecule has 17 heavy (non-hydrogen) atoms. The van der Waals surface area contributed by atoms with Gasteiger partial charge in [0.2, 0.25) is 0 Å². The first kappa shape index (κ1) is 11.9. The van der Waals surface area contributed by atoms with Crippen LogP contribution in [0.25, 0.3) is 0 Å². The fourth-order valence-electron chi connectivity index (χ4n) is 3.99. The molecule has 3 rings (SSSR count). The Balaban J connectivity index is 1.55. The Morgan fingerprint density at radius 1 is 0.765 bits per heavy atom. The van der Waals surface area contributed by atoms with Gasteiger partial charge in [0.15, 0.2) is 0 Å². The molecule has 0 amide bonds. The third kappa shape index (κ3) is 2.51. The molecule has 3 heteroatoms. The molecule has 0 spiro atoms. The predicted molar refractivity (Wildman–Crippen MR) is 69.0 cm³/mol.